The molecule has 1 unspecified atom stereocenters. The molecule has 0 aromatic heterocycles. The lowest BCUT2D eigenvalue weighted by Crippen LogP contribution is -2.21. The summed E-state index contributed by atoms with van der Waals surface area (Å²) < 4.78 is 24.3. The fraction of sp³-hybridized carbons (Fsp3) is 0.250. The van der Waals surface area contributed by atoms with Crippen LogP contribution in [0.15, 0.2) is 59.5 Å². The molecule has 2 rings (SSSR count). The molecule has 2 aromatic rings. The van der Waals surface area contributed by atoms with E-state index in [1.54, 1.807) is 25.1 Å². The van der Waals surface area contributed by atoms with Crippen LogP contribution < -0.4 is 11.1 Å². The van der Waals surface area contributed by atoms with Crippen molar-refractivity contribution in [2.75, 3.05) is 17.6 Å². The summed E-state index contributed by atoms with van der Waals surface area (Å²) in [6.07, 6.45) is 0. The van der Waals surface area contributed by atoms with Crippen LogP contribution in [-0.2, 0) is 9.84 Å². The summed E-state index contributed by atoms with van der Waals surface area (Å²) in [5.74, 6) is 0.0737. The molecule has 0 spiro atoms. The van der Waals surface area contributed by atoms with E-state index >= 15 is 0 Å². The minimum absolute atomic E-state index is 0.0737. The number of hydrogen-bond donors (Lipinski definition) is 2. The van der Waals surface area contributed by atoms with E-state index in [1.165, 1.54) is 0 Å². The van der Waals surface area contributed by atoms with Crippen molar-refractivity contribution >= 4 is 15.5 Å². The van der Waals surface area contributed by atoms with Crippen molar-refractivity contribution in [1.29, 1.82) is 0 Å². The SMILES string of the molecule is CCS(=O)(=O)c1ccccc1NC(CN)c1ccccc1. The second kappa shape index (κ2) is 6.74. The zero-order valence-corrected chi connectivity index (χ0v) is 12.8. The molecule has 0 aliphatic carbocycles. The van der Waals surface area contributed by atoms with E-state index in [2.05, 4.69) is 5.32 Å². The molecule has 21 heavy (non-hydrogen) atoms. The van der Waals surface area contributed by atoms with Gasteiger partial charge in [-0.15, -0.1) is 0 Å². The zero-order chi connectivity index (χ0) is 15.3. The minimum atomic E-state index is -3.27. The Kier molecular flexibility index (Phi) is 4.98. The molecular weight excluding hydrogens is 284 g/mol. The third-order valence-electron chi connectivity index (χ3n) is 3.37. The van der Waals surface area contributed by atoms with E-state index in [9.17, 15) is 8.42 Å². The van der Waals surface area contributed by atoms with Crippen LogP contribution in [0.25, 0.3) is 0 Å². The fourth-order valence-corrected chi connectivity index (χ4v) is 3.22. The number of sulfone groups is 1. The van der Waals surface area contributed by atoms with Crippen molar-refractivity contribution in [2.24, 2.45) is 5.73 Å². The van der Waals surface area contributed by atoms with Gasteiger partial charge in [0.25, 0.3) is 0 Å². The summed E-state index contributed by atoms with van der Waals surface area (Å²) in [5.41, 5.74) is 7.46. The summed E-state index contributed by atoms with van der Waals surface area (Å²) in [6.45, 7) is 2.02. The highest BCUT2D eigenvalue weighted by atomic mass is 32.2. The van der Waals surface area contributed by atoms with Gasteiger partial charge in [0.05, 0.1) is 22.4 Å². The minimum Gasteiger partial charge on any atom is -0.376 e. The normalized spacial score (nSPS) is 12.9. The van der Waals surface area contributed by atoms with Gasteiger partial charge in [0.15, 0.2) is 9.84 Å². The van der Waals surface area contributed by atoms with Gasteiger partial charge in [-0.25, -0.2) is 8.42 Å². The fourth-order valence-electron chi connectivity index (χ4n) is 2.16. The molecule has 2 aromatic carbocycles. The Balaban J connectivity index is 2.35. The second-order valence-corrected chi connectivity index (χ2v) is 6.99. The number of nitrogens with one attached hydrogen (secondary N) is 1. The van der Waals surface area contributed by atoms with E-state index in [1.807, 2.05) is 36.4 Å². The van der Waals surface area contributed by atoms with Gasteiger partial charge in [0, 0.05) is 6.54 Å². The lowest BCUT2D eigenvalue weighted by Gasteiger charge is -2.20. The first-order valence-electron chi connectivity index (χ1n) is 6.92. The summed E-state index contributed by atoms with van der Waals surface area (Å²) in [4.78, 5) is 0.321. The van der Waals surface area contributed by atoms with Gasteiger partial charge in [0.2, 0.25) is 0 Å². The van der Waals surface area contributed by atoms with Crippen LogP contribution >= 0.6 is 0 Å². The lowest BCUT2D eigenvalue weighted by atomic mass is 10.1. The first-order valence-corrected chi connectivity index (χ1v) is 8.57. The van der Waals surface area contributed by atoms with E-state index in [0.717, 1.165) is 5.56 Å². The first kappa shape index (κ1) is 15.5. The highest BCUT2D eigenvalue weighted by Gasteiger charge is 2.18. The number of rotatable bonds is 6. The van der Waals surface area contributed by atoms with Gasteiger partial charge in [-0.05, 0) is 17.7 Å². The van der Waals surface area contributed by atoms with Gasteiger partial charge in [0.1, 0.15) is 0 Å². The predicted octanol–water partition coefficient (Wildman–Crippen LogP) is 2.59. The molecule has 0 radical (unpaired) electrons. The molecule has 112 valence electrons. The summed E-state index contributed by atoms with van der Waals surface area (Å²) in [7, 11) is -3.27. The molecule has 0 amide bonds. The Bertz CT molecular complexity index is 684. The van der Waals surface area contributed by atoms with Crippen LogP contribution in [0.2, 0.25) is 0 Å². The molecular formula is C16H20N2O2S. The smallest absolute Gasteiger partial charge is 0.180 e. The highest BCUT2D eigenvalue weighted by molar-refractivity contribution is 7.91. The quantitative estimate of drug-likeness (QED) is 0.860. The van der Waals surface area contributed by atoms with Crippen molar-refractivity contribution in [1.82, 2.24) is 0 Å². The summed E-state index contributed by atoms with van der Waals surface area (Å²) in [5, 5.41) is 3.25. The molecule has 0 fully saturated rings. The first-order chi connectivity index (χ1) is 10.1. The van der Waals surface area contributed by atoms with E-state index < -0.39 is 9.84 Å². The van der Waals surface area contributed by atoms with E-state index in [-0.39, 0.29) is 11.8 Å². The molecule has 0 bridgehead atoms. The predicted molar refractivity (Wildman–Crippen MR) is 86.0 cm³/mol. The monoisotopic (exact) mass is 304 g/mol. The number of benzene rings is 2. The maximum absolute atomic E-state index is 12.2. The Morgan fingerprint density at radius 3 is 2.29 bits per heavy atom. The summed E-state index contributed by atoms with van der Waals surface area (Å²) in [6, 6.07) is 16.6. The van der Waals surface area contributed by atoms with Crippen LogP contribution in [0, 0.1) is 0 Å². The molecule has 0 heterocycles. The molecule has 1 atom stereocenters. The molecule has 5 heteroatoms. The van der Waals surface area contributed by atoms with Crippen LogP contribution in [0.1, 0.15) is 18.5 Å². The van der Waals surface area contributed by atoms with Crippen molar-refractivity contribution in [3.63, 3.8) is 0 Å². The second-order valence-electron chi connectivity index (χ2n) is 4.74. The van der Waals surface area contributed by atoms with Crippen LogP contribution in [0.3, 0.4) is 0 Å². The molecule has 0 aliphatic rings. The molecule has 4 nitrogen and oxygen atoms in total. The topological polar surface area (TPSA) is 72.2 Å². The number of nitrogens with two attached hydrogens (primary N) is 1. The van der Waals surface area contributed by atoms with Gasteiger partial charge in [-0.1, -0.05) is 49.4 Å². The molecule has 0 saturated heterocycles. The third kappa shape index (κ3) is 3.62. The Morgan fingerprint density at radius 2 is 1.67 bits per heavy atom. The Labute approximate surface area is 125 Å². The average Bonchev–Trinajstić information content (AvgIpc) is 2.53. The van der Waals surface area contributed by atoms with Crippen LogP contribution in [0.5, 0.6) is 0 Å². The van der Waals surface area contributed by atoms with Gasteiger partial charge in [-0.2, -0.15) is 0 Å². The Morgan fingerprint density at radius 1 is 1.05 bits per heavy atom. The number of hydrogen-bond acceptors (Lipinski definition) is 4. The van der Waals surface area contributed by atoms with Crippen LogP contribution in [-0.4, -0.2) is 20.7 Å². The van der Waals surface area contributed by atoms with Crippen molar-refractivity contribution in [2.45, 2.75) is 17.9 Å². The van der Waals surface area contributed by atoms with Crippen LogP contribution in [0.4, 0.5) is 5.69 Å². The number of anilines is 1. The maximum Gasteiger partial charge on any atom is 0.180 e. The van der Waals surface area contributed by atoms with E-state index in [0.29, 0.717) is 17.1 Å². The zero-order valence-electron chi connectivity index (χ0n) is 12.0. The summed E-state index contributed by atoms with van der Waals surface area (Å²) >= 11 is 0. The van der Waals surface area contributed by atoms with Crippen molar-refractivity contribution in [3.8, 4) is 0 Å². The van der Waals surface area contributed by atoms with Gasteiger partial charge >= 0.3 is 0 Å². The van der Waals surface area contributed by atoms with Gasteiger partial charge in [-0.3, -0.25) is 0 Å². The maximum atomic E-state index is 12.2. The average molecular weight is 304 g/mol. The number of para-hydroxylation sites is 1. The van der Waals surface area contributed by atoms with Gasteiger partial charge < -0.3 is 11.1 Å². The van der Waals surface area contributed by atoms with E-state index in [4.69, 9.17) is 5.73 Å². The molecule has 0 aliphatic heterocycles. The third-order valence-corrected chi connectivity index (χ3v) is 5.16. The molecule has 3 N–H and O–H groups in total. The largest absolute Gasteiger partial charge is 0.376 e. The highest BCUT2D eigenvalue weighted by Crippen LogP contribution is 2.26. The van der Waals surface area contributed by atoms with Crippen molar-refractivity contribution < 1.29 is 8.42 Å². The standard InChI is InChI=1S/C16H20N2O2S/c1-2-21(19,20)16-11-7-6-10-14(16)18-15(12-17)13-8-4-3-5-9-13/h3-11,15,18H,2,12,17H2,1H3. The van der Waals surface area contributed by atoms with Crippen molar-refractivity contribution in [3.05, 3.63) is 60.2 Å². The Hall–Kier alpha value is -1.85. The molecule has 0 saturated carbocycles. The lowest BCUT2D eigenvalue weighted by molar-refractivity contribution is 0.597.